The van der Waals surface area contributed by atoms with Crippen LogP contribution >= 0.6 is 0 Å². The SMILES string of the molecule is CN(C)CCN(CC1CCCO1)C(=O)c1cccc(C#N)c1. The fourth-order valence-corrected chi connectivity index (χ4v) is 2.53. The second-order valence-corrected chi connectivity index (χ2v) is 5.88. The Balaban J connectivity index is 2.10. The largest absolute Gasteiger partial charge is 0.376 e. The Labute approximate surface area is 132 Å². The number of carbonyl (C=O) groups excluding carboxylic acids is 1. The molecular formula is C17H23N3O2. The third kappa shape index (κ3) is 4.55. The molecule has 1 heterocycles. The first kappa shape index (κ1) is 16.5. The Morgan fingerprint density at radius 1 is 1.41 bits per heavy atom. The van der Waals surface area contributed by atoms with E-state index in [-0.39, 0.29) is 12.0 Å². The number of amides is 1. The van der Waals surface area contributed by atoms with E-state index in [0.717, 1.165) is 26.0 Å². The van der Waals surface area contributed by atoms with Gasteiger partial charge in [0.1, 0.15) is 0 Å². The monoisotopic (exact) mass is 301 g/mol. The first-order valence-electron chi connectivity index (χ1n) is 7.66. The molecule has 1 aromatic rings. The van der Waals surface area contributed by atoms with Gasteiger partial charge in [0.25, 0.3) is 5.91 Å². The zero-order valence-electron chi connectivity index (χ0n) is 13.3. The average molecular weight is 301 g/mol. The number of benzene rings is 1. The molecule has 2 rings (SSSR count). The van der Waals surface area contributed by atoms with Gasteiger partial charge in [-0.15, -0.1) is 0 Å². The molecule has 1 amide bonds. The van der Waals surface area contributed by atoms with Gasteiger partial charge in [0.15, 0.2) is 0 Å². The molecule has 0 radical (unpaired) electrons. The second-order valence-electron chi connectivity index (χ2n) is 5.88. The summed E-state index contributed by atoms with van der Waals surface area (Å²) in [5.41, 5.74) is 1.08. The Bertz CT molecular complexity index is 545. The van der Waals surface area contributed by atoms with Crippen molar-refractivity contribution in [2.24, 2.45) is 0 Å². The lowest BCUT2D eigenvalue weighted by Gasteiger charge is -2.27. The highest BCUT2D eigenvalue weighted by Crippen LogP contribution is 2.15. The number of nitriles is 1. The van der Waals surface area contributed by atoms with Gasteiger partial charge < -0.3 is 14.5 Å². The summed E-state index contributed by atoms with van der Waals surface area (Å²) in [5, 5.41) is 8.99. The molecule has 0 saturated carbocycles. The van der Waals surface area contributed by atoms with Crippen molar-refractivity contribution < 1.29 is 9.53 Å². The molecule has 5 nitrogen and oxygen atoms in total. The van der Waals surface area contributed by atoms with Gasteiger partial charge in [-0.1, -0.05) is 6.07 Å². The van der Waals surface area contributed by atoms with Crippen molar-refractivity contribution in [1.82, 2.24) is 9.80 Å². The van der Waals surface area contributed by atoms with E-state index in [1.165, 1.54) is 0 Å². The van der Waals surface area contributed by atoms with Gasteiger partial charge in [0, 0.05) is 31.8 Å². The summed E-state index contributed by atoms with van der Waals surface area (Å²) in [6, 6.07) is 8.96. The molecule has 1 aliphatic heterocycles. The minimum absolute atomic E-state index is 0.0329. The van der Waals surface area contributed by atoms with Crippen LogP contribution in [0.2, 0.25) is 0 Å². The van der Waals surface area contributed by atoms with E-state index < -0.39 is 0 Å². The summed E-state index contributed by atoms with van der Waals surface area (Å²) in [6.07, 6.45) is 2.19. The van der Waals surface area contributed by atoms with Crippen molar-refractivity contribution in [3.05, 3.63) is 35.4 Å². The Morgan fingerprint density at radius 3 is 2.86 bits per heavy atom. The molecule has 0 spiro atoms. The molecule has 118 valence electrons. The van der Waals surface area contributed by atoms with Gasteiger partial charge in [0.2, 0.25) is 0 Å². The molecule has 1 unspecified atom stereocenters. The summed E-state index contributed by atoms with van der Waals surface area (Å²) in [6.45, 7) is 2.85. The molecule has 22 heavy (non-hydrogen) atoms. The molecule has 0 N–H and O–H groups in total. The lowest BCUT2D eigenvalue weighted by atomic mass is 10.1. The predicted molar refractivity (Wildman–Crippen MR) is 84.6 cm³/mol. The molecular weight excluding hydrogens is 278 g/mol. The van der Waals surface area contributed by atoms with Gasteiger partial charge in [-0.2, -0.15) is 5.26 Å². The van der Waals surface area contributed by atoms with Crippen LogP contribution in [0, 0.1) is 11.3 Å². The van der Waals surface area contributed by atoms with Crippen LogP contribution in [0.15, 0.2) is 24.3 Å². The lowest BCUT2D eigenvalue weighted by Crippen LogP contribution is -2.41. The lowest BCUT2D eigenvalue weighted by molar-refractivity contribution is 0.0512. The van der Waals surface area contributed by atoms with Gasteiger partial charge in [-0.05, 0) is 45.1 Å². The minimum atomic E-state index is -0.0329. The summed E-state index contributed by atoms with van der Waals surface area (Å²) in [4.78, 5) is 16.7. The number of hydrogen-bond acceptors (Lipinski definition) is 4. The van der Waals surface area contributed by atoms with E-state index in [9.17, 15) is 4.79 Å². The Hall–Kier alpha value is -1.90. The van der Waals surface area contributed by atoms with Crippen LogP contribution in [0.5, 0.6) is 0 Å². The predicted octanol–water partition coefficient (Wildman–Crippen LogP) is 1.74. The number of carbonyl (C=O) groups is 1. The van der Waals surface area contributed by atoms with Crippen LogP contribution in [0.4, 0.5) is 0 Å². The van der Waals surface area contributed by atoms with Crippen LogP contribution in [0.25, 0.3) is 0 Å². The zero-order chi connectivity index (χ0) is 15.9. The highest BCUT2D eigenvalue weighted by atomic mass is 16.5. The molecule has 0 bridgehead atoms. The van der Waals surface area contributed by atoms with Gasteiger partial charge in [-0.3, -0.25) is 4.79 Å². The molecule has 1 saturated heterocycles. The number of nitrogens with zero attached hydrogens (tertiary/aromatic N) is 3. The summed E-state index contributed by atoms with van der Waals surface area (Å²) in [7, 11) is 3.98. The van der Waals surface area contributed by atoms with Crippen molar-refractivity contribution in [3.63, 3.8) is 0 Å². The molecule has 1 atom stereocenters. The average Bonchev–Trinajstić information content (AvgIpc) is 3.03. The third-order valence-corrected chi connectivity index (χ3v) is 3.79. The maximum Gasteiger partial charge on any atom is 0.254 e. The highest BCUT2D eigenvalue weighted by Gasteiger charge is 2.23. The van der Waals surface area contributed by atoms with Crippen LogP contribution in [-0.2, 0) is 4.74 Å². The van der Waals surface area contributed by atoms with Gasteiger partial charge in [-0.25, -0.2) is 0 Å². The van der Waals surface area contributed by atoms with Crippen LogP contribution in [0.1, 0.15) is 28.8 Å². The van der Waals surface area contributed by atoms with Gasteiger partial charge >= 0.3 is 0 Å². The summed E-state index contributed by atoms with van der Waals surface area (Å²) >= 11 is 0. The van der Waals surface area contributed by atoms with E-state index >= 15 is 0 Å². The smallest absolute Gasteiger partial charge is 0.254 e. The molecule has 1 aromatic carbocycles. The van der Waals surface area contributed by atoms with Crippen molar-refractivity contribution in [1.29, 1.82) is 5.26 Å². The fourth-order valence-electron chi connectivity index (χ4n) is 2.53. The van der Waals surface area contributed by atoms with E-state index in [4.69, 9.17) is 10.00 Å². The first-order valence-corrected chi connectivity index (χ1v) is 7.66. The second kappa shape index (κ2) is 7.92. The van der Waals surface area contributed by atoms with Crippen LogP contribution in [-0.4, -0.2) is 62.1 Å². The Morgan fingerprint density at radius 2 is 2.23 bits per heavy atom. The van der Waals surface area contributed by atoms with Crippen molar-refractivity contribution in [2.75, 3.05) is 40.3 Å². The van der Waals surface area contributed by atoms with Crippen LogP contribution in [0.3, 0.4) is 0 Å². The van der Waals surface area contributed by atoms with E-state index in [2.05, 4.69) is 11.0 Å². The van der Waals surface area contributed by atoms with Crippen molar-refractivity contribution in [2.45, 2.75) is 18.9 Å². The Kier molecular flexibility index (Phi) is 5.93. The quantitative estimate of drug-likeness (QED) is 0.803. The standard InChI is InChI=1S/C17H23N3O2/c1-19(2)8-9-20(13-16-7-4-10-22-16)17(21)15-6-3-5-14(11-15)12-18/h3,5-6,11,16H,4,7-10,13H2,1-2H3. The maximum absolute atomic E-state index is 12.8. The minimum Gasteiger partial charge on any atom is -0.376 e. The number of rotatable bonds is 6. The maximum atomic E-state index is 12.8. The van der Waals surface area contributed by atoms with Gasteiger partial charge in [0.05, 0.1) is 17.7 Å². The topological polar surface area (TPSA) is 56.6 Å². The molecule has 1 fully saturated rings. The highest BCUT2D eigenvalue weighted by molar-refractivity contribution is 5.94. The molecule has 5 heteroatoms. The van der Waals surface area contributed by atoms with Crippen LogP contribution < -0.4 is 0 Å². The normalized spacial score (nSPS) is 17.5. The first-order chi connectivity index (χ1) is 10.6. The number of ether oxygens (including phenoxy) is 1. The van der Waals surface area contributed by atoms with E-state index in [0.29, 0.717) is 24.2 Å². The summed E-state index contributed by atoms with van der Waals surface area (Å²) < 4.78 is 5.66. The number of hydrogen-bond donors (Lipinski definition) is 0. The third-order valence-electron chi connectivity index (χ3n) is 3.79. The molecule has 1 aliphatic rings. The van der Waals surface area contributed by atoms with E-state index in [1.54, 1.807) is 24.3 Å². The molecule has 0 aromatic heterocycles. The van der Waals surface area contributed by atoms with E-state index in [1.807, 2.05) is 19.0 Å². The zero-order valence-corrected chi connectivity index (χ0v) is 13.3. The fraction of sp³-hybridized carbons (Fsp3) is 0.529. The summed E-state index contributed by atoms with van der Waals surface area (Å²) in [5.74, 6) is -0.0329. The van der Waals surface area contributed by atoms with Crippen molar-refractivity contribution >= 4 is 5.91 Å². The van der Waals surface area contributed by atoms with Crippen molar-refractivity contribution in [3.8, 4) is 6.07 Å². The number of likely N-dealkylation sites (N-methyl/N-ethyl adjacent to an activating group) is 1. The molecule has 0 aliphatic carbocycles.